The first-order valence-electron chi connectivity index (χ1n) is 2.49. The SMILES string of the molecule is O=CCO/C=C/C(F)=C/Cl. The summed E-state index contributed by atoms with van der Waals surface area (Å²) in [7, 11) is 0. The fourth-order valence-corrected chi connectivity index (χ4v) is 0.317. The summed E-state index contributed by atoms with van der Waals surface area (Å²) in [4.78, 5) is 9.63. The van der Waals surface area contributed by atoms with Crippen LogP contribution in [-0.2, 0) is 9.53 Å². The monoisotopic (exact) mass is 164 g/mol. The third kappa shape index (κ3) is 5.31. The lowest BCUT2D eigenvalue weighted by molar-refractivity contribution is -0.110. The van der Waals surface area contributed by atoms with E-state index in [4.69, 9.17) is 11.6 Å². The second-order valence-electron chi connectivity index (χ2n) is 1.30. The Labute approximate surface area is 62.9 Å². The van der Waals surface area contributed by atoms with Crippen LogP contribution in [0, 0.1) is 0 Å². The molecule has 0 aromatic carbocycles. The van der Waals surface area contributed by atoms with Gasteiger partial charge in [0.1, 0.15) is 12.4 Å². The fourth-order valence-electron chi connectivity index (χ4n) is 0.244. The molecule has 0 amide bonds. The van der Waals surface area contributed by atoms with Gasteiger partial charge in [-0.25, -0.2) is 4.39 Å². The highest BCUT2D eigenvalue weighted by molar-refractivity contribution is 6.25. The lowest BCUT2D eigenvalue weighted by Crippen LogP contribution is -1.85. The summed E-state index contributed by atoms with van der Waals surface area (Å²) in [5.41, 5.74) is 0.765. The van der Waals surface area contributed by atoms with Crippen LogP contribution in [0.1, 0.15) is 0 Å². The molecule has 0 saturated carbocycles. The Morgan fingerprint density at radius 2 is 2.40 bits per heavy atom. The number of hydrogen-bond donors (Lipinski definition) is 0. The van der Waals surface area contributed by atoms with Crippen molar-refractivity contribution >= 4 is 17.9 Å². The van der Waals surface area contributed by atoms with E-state index in [0.717, 1.165) is 17.9 Å². The van der Waals surface area contributed by atoms with Gasteiger partial charge in [0.25, 0.3) is 0 Å². The van der Waals surface area contributed by atoms with Crippen molar-refractivity contribution in [3.8, 4) is 0 Å². The van der Waals surface area contributed by atoms with Crippen molar-refractivity contribution in [3.05, 3.63) is 23.7 Å². The number of hydrogen-bond acceptors (Lipinski definition) is 2. The highest BCUT2D eigenvalue weighted by Gasteiger charge is 1.82. The van der Waals surface area contributed by atoms with E-state index in [0.29, 0.717) is 6.29 Å². The summed E-state index contributed by atoms with van der Waals surface area (Å²) >= 11 is 4.95. The Balaban J connectivity index is 3.45. The molecule has 0 spiro atoms. The minimum Gasteiger partial charge on any atom is -0.494 e. The predicted octanol–water partition coefficient (Wildman–Crippen LogP) is 1.77. The van der Waals surface area contributed by atoms with Crippen LogP contribution in [0.4, 0.5) is 4.39 Å². The van der Waals surface area contributed by atoms with Crippen LogP contribution in [0.5, 0.6) is 0 Å². The maximum Gasteiger partial charge on any atom is 0.157 e. The standard InChI is InChI=1S/C6H6ClFO2/c7-5-6(8)1-3-10-4-2-9/h1-3,5H,4H2/b3-1+,6-5-. The van der Waals surface area contributed by atoms with Crippen molar-refractivity contribution < 1.29 is 13.9 Å². The minimum absolute atomic E-state index is 0.0773. The van der Waals surface area contributed by atoms with Gasteiger partial charge in [-0.05, 0) is 0 Å². The average Bonchev–Trinajstić information content (AvgIpc) is 1.98. The Bertz CT molecular complexity index is 154. The Morgan fingerprint density at radius 3 is 2.90 bits per heavy atom. The summed E-state index contributed by atoms with van der Waals surface area (Å²) in [6, 6.07) is 0. The van der Waals surface area contributed by atoms with Crippen molar-refractivity contribution in [3.63, 3.8) is 0 Å². The van der Waals surface area contributed by atoms with E-state index < -0.39 is 5.83 Å². The van der Waals surface area contributed by atoms with Crippen molar-refractivity contribution in [1.29, 1.82) is 0 Å². The van der Waals surface area contributed by atoms with Gasteiger partial charge in [0.05, 0.1) is 6.26 Å². The molecule has 0 fully saturated rings. The van der Waals surface area contributed by atoms with E-state index in [2.05, 4.69) is 4.74 Å². The number of allylic oxidation sites excluding steroid dienone is 2. The summed E-state index contributed by atoms with van der Waals surface area (Å²) in [5.74, 6) is -0.618. The number of halogens is 2. The number of aldehydes is 1. The van der Waals surface area contributed by atoms with Gasteiger partial charge in [-0.3, -0.25) is 4.79 Å². The van der Waals surface area contributed by atoms with E-state index in [1.807, 2.05) is 0 Å². The number of ether oxygens (including phenoxy) is 1. The molecule has 0 aliphatic carbocycles. The first kappa shape index (κ1) is 9.17. The van der Waals surface area contributed by atoms with Gasteiger partial charge in [-0.15, -0.1) is 0 Å². The van der Waals surface area contributed by atoms with Crippen LogP contribution >= 0.6 is 11.6 Å². The highest BCUT2D eigenvalue weighted by Crippen LogP contribution is 1.99. The fraction of sp³-hybridized carbons (Fsp3) is 0.167. The van der Waals surface area contributed by atoms with Gasteiger partial charge in [-0.2, -0.15) is 0 Å². The van der Waals surface area contributed by atoms with Crippen molar-refractivity contribution in [2.24, 2.45) is 0 Å². The largest absolute Gasteiger partial charge is 0.494 e. The topological polar surface area (TPSA) is 26.3 Å². The number of carbonyl (C=O) groups excluding carboxylic acids is 1. The molecule has 0 rings (SSSR count). The van der Waals surface area contributed by atoms with Gasteiger partial charge in [0.2, 0.25) is 0 Å². The van der Waals surface area contributed by atoms with E-state index >= 15 is 0 Å². The average molecular weight is 165 g/mol. The Hall–Kier alpha value is -0.830. The normalized spacial score (nSPS) is 12.0. The van der Waals surface area contributed by atoms with E-state index in [1.165, 1.54) is 0 Å². The van der Waals surface area contributed by atoms with Crippen LogP contribution in [0.3, 0.4) is 0 Å². The first-order chi connectivity index (χ1) is 4.81. The highest BCUT2D eigenvalue weighted by atomic mass is 35.5. The van der Waals surface area contributed by atoms with E-state index in [-0.39, 0.29) is 6.61 Å². The molecule has 0 radical (unpaired) electrons. The molecular formula is C6H6ClFO2. The molecule has 0 aliphatic rings. The zero-order valence-corrected chi connectivity index (χ0v) is 5.84. The van der Waals surface area contributed by atoms with Gasteiger partial charge in [0.15, 0.2) is 6.29 Å². The summed E-state index contributed by atoms with van der Waals surface area (Å²) < 4.78 is 16.5. The minimum atomic E-state index is -0.618. The lowest BCUT2D eigenvalue weighted by Gasteiger charge is -1.88. The molecule has 0 aliphatic heterocycles. The molecule has 0 aromatic heterocycles. The number of rotatable bonds is 4. The lowest BCUT2D eigenvalue weighted by atomic mass is 10.6. The summed E-state index contributed by atoms with van der Waals surface area (Å²) in [5, 5.41) is 0. The zero-order chi connectivity index (χ0) is 7.82. The quantitative estimate of drug-likeness (QED) is 0.274. The molecule has 10 heavy (non-hydrogen) atoms. The van der Waals surface area contributed by atoms with Gasteiger partial charge < -0.3 is 4.74 Å². The Morgan fingerprint density at radius 1 is 1.70 bits per heavy atom. The molecule has 4 heteroatoms. The second-order valence-corrected chi connectivity index (χ2v) is 1.51. The molecule has 0 heterocycles. The van der Waals surface area contributed by atoms with Crippen LogP contribution < -0.4 is 0 Å². The van der Waals surface area contributed by atoms with Crippen molar-refractivity contribution in [2.75, 3.05) is 6.61 Å². The predicted molar refractivity (Wildman–Crippen MR) is 36.2 cm³/mol. The Kier molecular flexibility index (Phi) is 5.77. The van der Waals surface area contributed by atoms with Crippen molar-refractivity contribution in [1.82, 2.24) is 0 Å². The van der Waals surface area contributed by atoms with Crippen molar-refractivity contribution in [2.45, 2.75) is 0 Å². The van der Waals surface area contributed by atoms with Crippen LogP contribution in [0.25, 0.3) is 0 Å². The van der Waals surface area contributed by atoms with Crippen LogP contribution in [0.2, 0.25) is 0 Å². The van der Waals surface area contributed by atoms with Crippen LogP contribution in [-0.4, -0.2) is 12.9 Å². The molecule has 0 aromatic rings. The second kappa shape index (κ2) is 6.29. The maximum absolute atomic E-state index is 12.0. The van der Waals surface area contributed by atoms with Crippen LogP contribution in [0.15, 0.2) is 23.7 Å². The summed E-state index contributed by atoms with van der Waals surface area (Å²) in [6.45, 7) is -0.0773. The van der Waals surface area contributed by atoms with Gasteiger partial charge >= 0.3 is 0 Å². The molecular weight excluding hydrogens is 159 g/mol. The molecule has 56 valence electrons. The van der Waals surface area contributed by atoms with Gasteiger partial charge in [-0.1, -0.05) is 11.6 Å². The molecule has 0 saturated heterocycles. The summed E-state index contributed by atoms with van der Waals surface area (Å²) in [6.07, 6.45) is 2.63. The smallest absolute Gasteiger partial charge is 0.157 e. The molecule has 0 unspecified atom stereocenters. The molecule has 2 nitrogen and oxygen atoms in total. The zero-order valence-electron chi connectivity index (χ0n) is 5.09. The first-order valence-corrected chi connectivity index (χ1v) is 2.92. The third-order valence-corrected chi connectivity index (χ3v) is 0.800. The molecule has 0 bridgehead atoms. The molecule has 0 atom stereocenters. The third-order valence-electron chi connectivity index (χ3n) is 0.592. The van der Waals surface area contributed by atoms with Gasteiger partial charge in [0, 0.05) is 11.6 Å². The number of carbonyl (C=O) groups is 1. The van der Waals surface area contributed by atoms with E-state index in [9.17, 15) is 9.18 Å². The maximum atomic E-state index is 12.0. The van der Waals surface area contributed by atoms with E-state index in [1.54, 1.807) is 0 Å². The molecule has 0 N–H and O–H groups in total.